The number of hydrogen-bond acceptors (Lipinski definition) is 4. The van der Waals surface area contributed by atoms with E-state index in [4.69, 9.17) is 14.2 Å². The Kier molecular flexibility index (Phi) is 7.63. The number of piperidine rings is 1. The van der Waals surface area contributed by atoms with Crippen molar-refractivity contribution in [3.63, 3.8) is 0 Å². The first-order chi connectivity index (χ1) is 16.2. The van der Waals surface area contributed by atoms with E-state index in [1.807, 2.05) is 49.9 Å². The quantitative estimate of drug-likeness (QED) is 0.517. The van der Waals surface area contributed by atoms with Crippen molar-refractivity contribution in [2.45, 2.75) is 90.3 Å². The third kappa shape index (κ3) is 5.81. The normalized spacial score (nSPS) is 22.4. The second-order valence-corrected chi connectivity index (χ2v) is 10.4. The number of hydrogen-bond donors (Lipinski definition) is 0. The summed E-state index contributed by atoms with van der Waals surface area (Å²) in [7, 11) is 0. The Morgan fingerprint density at radius 1 is 1.03 bits per heavy atom. The van der Waals surface area contributed by atoms with Crippen LogP contribution in [0, 0.1) is 6.92 Å². The molecule has 184 valence electrons. The van der Waals surface area contributed by atoms with Crippen molar-refractivity contribution in [2.24, 2.45) is 0 Å². The average molecular weight is 466 g/mol. The van der Waals surface area contributed by atoms with Crippen LogP contribution in [-0.4, -0.2) is 47.8 Å². The van der Waals surface area contributed by atoms with Crippen molar-refractivity contribution < 1.29 is 19.0 Å². The molecule has 0 bridgehead atoms. The lowest BCUT2D eigenvalue weighted by molar-refractivity contribution is -0.197. The van der Waals surface area contributed by atoms with E-state index in [9.17, 15) is 4.79 Å². The number of likely N-dealkylation sites (tertiary alicyclic amines) is 1. The number of carbonyl (C=O) groups excluding carboxylic acids is 1. The van der Waals surface area contributed by atoms with Crippen LogP contribution in [0.5, 0.6) is 5.75 Å². The van der Waals surface area contributed by atoms with Gasteiger partial charge in [-0.3, -0.25) is 4.79 Å². The Morgan fingerprint density at radius 3 is 2.35 bits per heavy atom. The van der Waals surface area contributed by atoms with Crippen LogP contribution in [0.4, 0.5) is 0 Å². The standard InChI is InChI=1S/C29H39NO4/c1-20(2)32-25-18-27(23-9-7-6-8-10-23)34-29(19-25)13-15-30(16-14-29)28(31)24-11-12-26(22(5)17-24)33-21(3)4/h6-12,17,20-21,25,27H,13-16,18-19H2,1-5H3. The summed E-state index contributed by atoms with van der Waals surface area (Å²) in [5, 5.41) is 0. The van der Waals surface area contributed by atoms with Crippen LogP contribution < -0.4 is 4.74 Å². The lowest BCUT2D eigenvalue weighted by atomic mass is 9.80. The van der Waals surface area contributed by atoms with Crippen molar-refractivity contribution in [1.82, 2.24) is 4.90 Å². The van der Waals surface area contributed by atoms with Crippen LogP contribution in [0.15, 0.2) is 48.5 Å². The van der Waals surface area contributed by atoms with E-state index in [1.165, 1.54) is 5.56 Å². The van der Waals surface area contributed by atoms with Gasteiger partial charge in [0.25, 0.3) is 5.91 Å². The molecule has 2 aliphatic rings. The van der Waals surface area contributed by atoms with E-state index >= 15 is 0 Å². The van der Waals surface area contributed by atoms with Gasteiger partial charge in [0.2, 0.25) is 0 Å². The molecule has 2 aromatic carbocycles. The number of amides is 1. The van der Waals surface area contributed by atoms with Gasteiger partial charge in [0.1, 0.15) is 5.75 Å². The lowest BCUT2D eigenvalue weighted by Crippen LogP contribution is -2.52. The van der Waals surface area contributed by atoms with Gasteiger partial charge < -0.3 is 19.1 Å². The summed E-state index contributed by atoms with van der Waals surface area (Å²) in [4.78, 5) is 15.2. The monoisotopic (exact) mass is 465 g/mol. The summed E-state index contributed by atoms with van der Waals surface area (Å²) in [6.07, 6.45) is 3.89. The third-order valence-corrected chi connectivity index (χ3v) is 6.85. The highest BCUT2D eigenvalue weighted by Crippen LogP contribution is 2.44. The van der Waals surface area contributed by atoms with Gasteiger partial charge in [-0.1, -0.05) is 30.3 Å². The molecule has 34 heavy (non-hydrogen) atoms. The molecular weight excluding hydrogens is 426 g/mol. The van der Waals surface area contributed by atoms with Gasteiger partial charge in [0.05, 0.1) is 30.0 Å². The summed E-state index contributed by atoms with van der Waals surface area (Å²) >= 11 is 0. The van der Waals surface area contributed by atoms with Crippen LogP contribution in [0.2, 0.25) is 0 Å². The van der Waals surface area contributed by atoms with Crippen molar-refractivity contribution in [1.29, 1.82) is 0 Å². The van der Waals surface area contributed by atoms with Gasteiger partial charge >= 0.3 is 0 Å². The number of aryl methyl sites for hydroxylation is 1. The first-order valence-corrected chi connectivity index (χ1v) is 12.7. The van der Waals surface area contributed by atoms with E-state index in [1.54, 1.807) is 0 Å². The molecule has 0 radical (unpaired) electrons. The van der Waals surface area contributed by atoms with Crippen LogP contribution >= 0.6 is 0 Å². The van der Waals surface area contributed by atoms with Crippen LogP contribution in [0.25, 0.3) is 0 Å². The molecule has 0 aromatic heterocycles. The smallest absolute Gasteiger partial charge is 0.253 e. The molecule has 4 rings (SSSR count). The average Bonchev–Trinajstić information content (AvgIpc) is 2.80. The number of ether oxygens (including phenoxy) is 3. The SMILES string of the molecule is Cc1cc(C(=O)N2CCC3(CC2)CC(OC(C)C)CC(c2ccccc2)O3)ccc1OC(C)C. The van der Waals surface area contributed by atoms with Crippen molar-refractivity contribution >= 4 is 5.91 Å². The summed E-state index contributed by atoms with van der Waals surface area (Å²) in [6.45, 7) is 11.6. The van der Waals surface area contributed by atoms with Crippen LogP contribution in [0.3, 0.4) is 0 Å². The fraction of sp³-hybridized carbons (Fsp3) is 0.552. The molecule has 2 aromatic rings. The predicted octanol–water partition coefficient (Wildman–Crippen LogP) is 6.10. The molecule has 2 atom stereocenters. The van der Waals surface area contributed by atoms with Gasteiger partial charge in [-0.25, -0.2) is 0 Å². The molecule has 1 amide bonds. The summed E-state index contributed by atoms with van der Waals surface area (Å²) in [5.41, 5.74) is 2.66. The molecule has 0 aliphatic carbocycles. The lowest BCUT2D eigenvalue weighted by Gasteiger charge is -2.49. The van der Waals surface area contributed by atoms with Gasteiger partial charge in [-0.15, -0.1) is 0 Å². The van der Waals surface area contributed by atoms with Crippen molar-refractivity contribution in [3.05, 3.63) is 65.2 Å². The molecule has 1 spiro atoms. The number of nitrogens with zero attached hydrogens (tertiary/aromatic N) is 1. The zero-order chi connectivity index (χ0) is 24.3. The summed E-state index contributed by atoms with van der Waals surface area (Å²) in [6, 6.07) is 16.2. The molecule has 0 saturated carbocycles. The highest BCUT2D eigenvalue weighted by molar-refractivity contribution is 5.94. The minimum Gasteiger partial charge on any atom is -0.491 e. The Labute approximate surface area is 204 Å². The highest BCUT2D eigenvalue weighted by atomic mass is 16.5. The maximum atomic E-state index is 13.3. The molecule has 5 heteroatoms. The Bertz CT molecular complexity index is 963. The maximum absolute atomic E-state index is 13.3. The van der Waals surface area contributed by atoms with Crippen LogP contribution in [0.1, 0.15) is 81.0 Å². The van der Waals surface area contributed by atoms with E-state index in [0.717, 1.165) is 42.6 Å². The van der Waals surface area contributed by atoms with Crippen molar-refractivity contribution in [2.75, 3.05) is 13.1 Å². The fourth-order valence-corrected chi connectivity index (χ4v) is 5.29. The number of carbonyl (C=O) groups is 1. The first-order valence-electron chi connectivity index (χ1n) is 12.7. The Balaban J connectivity index is 1.45. The third-order valence-electron chi connectivity index (χ3n) is 6.85. The largest absolute Gasteiger partial charge is 0.491 e. The van der Waals surface area contributed by atoms with Crippen LogP contribution in [-0.2, 0) is 9.47 Å². The summed E-state index contributed by atoms with van der Waals surface area (Å²) in [5.74, 6) is 0.919. The molecule has 2 fully saturated rings. The van der Waals surface area contributed by atoms with Crippen molar-refractivity contribution in [3.8, 4) is 5.75 Å². The van der Waals surface area contributed by atoms with E-state index < -0.39 is 0 Å². The Hall–Kier alpha value is -2.37. The molecule has 2 aliphatic heterocycles. The zero-order valence-corrected chi connectivity index (χ0v) is 21.3. The van der Waals surface area contributed by atoms with Gasteiger partial charge in [-0.2, -0.15) is 0 Å². The molecular formula is C29H39NO4. The minimum atomic E-state index is -0.250. The van der Waals surface area contributed by atoms with Gasteiger partial charge in [0, 0.05) is 31.5 Å². The molecule has 5 nitrogen and oxygen atoms in total. The first kappa shape index (κ1) is 24.7. The minimum absolute atomic E-state index is 0.0251. The topological polar surface area (TPSA) is 48.0 Å². The zero-order valence-electron chi connectivity index (χ0n) is 21.3. The second kappa shape index (κ2) is 10.5. The molecule has 2 saturated heterocycles. The summed E-state index contributed by atoms with van der Waals surface area (Å²) < 4.78 is 18.9. The Morgan fingerprint density at radius 2 is 1.74 bits per heavy atom. The highest BCUT2D eigenvalue weighted by Gasteiger charge is 2.45. The van der Waals surface area contributed by atoms with E-state index in [-0.39, 0.29) is 35.9 Å². The van der Waals surface area contributed by atoms with Gasteiger partial charge in [0.15, 0.2) is 0 Å². The molecule has 2 unspecified atom stereocenters. The van der Waals surface area contributed by atoms with E-state index in [0.29, 0.717) is 13.1 Å². The predicted molar refractivity (Wildman–Crippen MR) is 134 cm³/mol. The molecule has 0 N–H and O–H groups in total. The number of rotatable bonds is 6. The van der Waals surface area contributed by atoms with E-state index in [2.05, 4.69) is 38.1 Å². The number of benzene rings is 2. The fourth-order valence-electron chi connectivity index (χ4n) is 5.29. The second-order valence-electron chi connectivity index (χ2n) is 10.4. The van der Waals surface area contributed by atoms with Gasteiger partial charge in [-0.05, 0) is 76.8 Å². The molecule has 2 heterocycles. The maximum Gasteiger partial charge on any atom is 0.253 e.